The molecule has 0 amide bonds. The summed E-state index contributed by atoms with van der Waals surface area (Å²) in [5.41, 5.74) is 1.66. The van der Waals surface area contributed by atoms with Crippen molar-refractivity contribution in [1.29, 1.82) is 0 Å². The van der Waals surface area contributed by atoms with Crippen LogP contribution >= 0.6 is 0 Å². The molecule has 3 nitrogen and oxygen atoms in total. The smallest absolute Gasteiger partial charge is 0.159 e. The minimum Gasteiger partial charge on any atom is -0.494 e. The third-order valence-corrected chi connectivity index (χ3v) is 3.17. The van der Waals surface area contributed by atoms with Gasteiger partial charge in [-0.3, -0.25) is 4.79 Å². The summed E-state index contributed by atoms with van der Waals surface area (Å²) in [6.07, 6.45) is 4.79. The van der Waals surface area contributed by atoms with Crippen LogP contribution < -0.4 is 4.74 Å². The molecule has 20 heavy (non-hydrogen) atoms. The van der Waals surface area contributed by atoms with E-state index < -0.39 is 0 Å². The minimum absolute atomic E-state index is 0.0669. The molecule has 0 spiro atoms. The molecule has 1 aromatic carbocycles. The molecule has 0 aliphatic carbocycles. The second-order valence-electron chi connectivity index (χ2n) is 4.92. The molecule has 112 valence electrons. The lowest BCUT2D eigenvalue weighted by molar-refractivity contribution is 0.101. The number of hydrogen-bond acceptors (Lipinski definition) is 3. The Morgan fingerprint density at radius 2 is 1.95 bits per heavy atom. The highest BCUT2D eigenvalue weighted by molar-refractivity contribution is 5.94. The largest absolute Gasteiger partial charge is 0.494 e. The number of ketones is 1. The van der Waals surface area contributed by atoms with Gasteiger partial charge in [0, 0.05) is 17.7 Å². The highest BCUT2D eigenvalue weighted by Crippen LogP contribution is 2.21. The van der Waals surface area contributed by atoms with E-state index in [9.17, 15) is 4.79 Å². The second kappa shape index (κ2) is 9.54. The van der Waals surface area contributed by atoms with E-state index in [2.05, 4.69) is 6.92 Å². The maximum absolute atomic E-state index is 11.4. The molecule has 0 fully saturated rings. The first-order chi connectivity index (χ1) is 9.69. The fraction of sp³-hybridized carbons (Fsp3) is 0.588. The van der Waals surface area contributed by atoms with E-state index in [4.69, 9.17) is 9.47 Å². The van der Waals surface area contributed by atoms with Gasteiger partial charge in [-0.2, -0.15) is 0 Å². The molecule has 0 bridgehead atoms. The van der Waals surface area contributed by atoms with E-state index >= 15 is 0 Å². The van der Waals surface area contributed by atoms with Crippen molar-refractivity contribution in [2.24, 2.45) is 0 Å². The lowest BCUT2D eigenvalue weighted by atomic mass is 10.1. The van der Waals surface area contributed by atoms with Gasteiger partial charge in [0.05, 0.1) is 13.2 Å². The minimum atomic E-state index is 0.0669. The van der Waals surface area contributed by atoms with Crippen molar-refractivity contribution in [3.63, 3.8) is 0 Å². The number of carbonyl (C=O) groups is 1. The van der Waals surface area contributed by atoms with Gasteiger partial charge in [0.2, 0.25) is 0 Å². The van der Waals surface area contributed by atoms with Crippen molar-refractivity contribution >= 4 is 5.78 Å². The topological polar surface area (TPSA) is 35.5 Å². The average molecular weight is 278 g/mol. The van der Waals surface area contributed by atoms with Gasteiger partial charge in [0.1, 0.15) is 5.75 Å². The van der Waals surface area contributed by atoms with E-state index in [1.807, 2.05) is 19.1 Å². The molecule has 0 unspecified atom stereocenters. The summed E-state index contributed by atoms with van der Waals surface area (Å²) >= 11 is 0. The number of Topliss-reactive ketones (excluding diaryl/α,β-unsaturated/α-hetero) is 1. The highest BCUT2D eigenvalue weighted by Gasteiger charge is 2.08. The van der Waals surface area contributed by atoms with Gasteiger partial charge in [-0.1, -0.05) is 26.2 Å². The van der Waals surface area contributed by atoms with E-state index in [0.29, 0.717) is 18.8 Å². The monoisotopic (exact) mass is 278 g/mol. The SMILES string of the molecule is CCCCCCOCc1cc(C(C)=O)ccc1OCC. The van der Waals surface area contributed by atoms with Gasteiger partial charge in [-0.25, -0.2) is 0 Å². The Balaban J connectivity index is 2.56. The van der Waals surface area contributed by atoms with Crippen molar-refractivity contribution in [1.82, 2.24) is 0 Å². The quantitative estimate of drug-likeness (QED) is 0.470. The van der Waals surface area contributed by atoms with Crippen molar-refractivity contribution < 1.29 is 14.3 Å². The van der Waals surface area contributed by atoms with Crippen LogP contribution in [0, 0.1) is 0 Å². The van der Waals surface area contributed by atoms with Crippen molar-refractivity contribution in [3.8, 4) is 5.75 Å². The third kappa shape index (κ3) is 5.74. The number of benzene rings is 1. The molecule has 0 saturated heterocycles. The molecule has 0 aliphatic heterocycles. The first kappa shape index (κ1) is 16.7. The second-order valence-corrected chi connectivity index (χ2v) is 4.92. The Bertz CT molecular complexity index is 413. The Kier molecular flexibility index (Phi) is 7.97. The first-order valence-electron chi connectivity index (χ1n) is 7.53. The van der Waals surface area contributed by atoms with Gasteiger partial charge < -0.3 is 9.47 Å². The molecular formula is C17H26O3. The third-order valence-electron chi connectivity index (χ3n) is 3.17. The van der Waals surface area contributed by atoms with E-state index in [1.54, 1.807) is 13.0 Å². The summed E-state index contributed by atoms with van der Waals surface area (Å²) in [7, 11) is 0. The van der Waals surface area contributed by atoms with Gasteiger partial charge in [0.15, 0.2) is 5.78 Å². The zero-order chi connectivity index (χ0) is 14.8. The fourth-order valence-electron chi connectivity index (χ4n) is 2.02. The zero-order valence-electron chi connectivity index (χ0n) is 12.9. The molecular weight excluding hydrogens is 252 g/mol. The Morgan fingerprint density at radius 1 is 1.15 bits per heavy atom. The number of rotatable bonds is 10. The van der Waals surface area contributed by atoms with E-state index in [1.165, 1.54) is 19.3 Å². The van der Waals surface area contributed by atoms with Crippen LogP contribution in [-0.4, -0.2) is 19.0 Å². The molecule has 0 heterocycles. The predicted molar refractivity (Wildman–Crippen MR) is 81.4 cm³/mol. The standard InChI is InChI=1S/C17H26O3/c1-4-6-7-8-11-19-13-16-12-15(14(3)18)9-10-17(16)20-5-2/h9-10,12H,4-8,11,13H2,1-3H3. The molecule has 0 aromatic heterocycles. The first-order valence-corrected chi connectivity index (χ1v) is 7.53. The maximum Gasteiger partial charge on any atom is 0.159 e. The summed E-state index contributed by atoms with van der Waals surface area (Å²) in [6, 6.07) is 5.54. The van der Waals surface area contributed by atoms with Crippen LogP contribution in [0.1, 0.15) is 62.4 Å². The summed E-state index contributed by atoms with van der Waals surface area (Å²) in [5, 5.41) is 0. The summed E-state index contributed by atoms with van der Waals surface area (Å²) < 4.78 is 11.3. The number of hydrogen-bond donors (Lipinski definition) is 0. The summed E-state index contributed by atoms with van der Waals surface area (Å²) in [6.45, 7) is 7.60. The van der Waals surface area contributed by atoms with Gasteiger partial charge in [-0.05, 0) is 38.5 Å². The normalized spacial score (nSPS) is 10.6. The lowest BCUT2D eigenvalue weighted by Crippen LogP contribution is -2.03. The van der Waals surface area contributed by atoms with Crippen LogP contribution in [0.5, 0.6) is 5.75 Å². The van der Waals surface area contributed by atoms with E-state index in [-0.39, 0.29) is 5.78 Å². The molecule has 0 atom stereocenters. The summed E-state index contributed by atoms with van der Waals surface area (Å²) in [4.78, 5) is 11.4. The number of unbranched alkanes of at least 4 members (excludes halogenated alkanes) is 3. The van der Waals surface area contributed by atoms with Gasteiger partial charge in [0.25, 0.3) is 0 Å². The molecule has 1 rings (SSSR count). The average Bonchev–Trinajstić information content (AvgIpc) is 2.44. The zero-order valence-corrected chi connectivity index (χ0v) is 12.9. The Labute approximate surface area is 122 Å². The fourth-order valence-corrected chi connectivity index (χ4v) is 2.02. The van der Waals surface area contributed by atoms with Crippen molar-refractivity contribution in [3.05, 3.63) is 29.3 Å². The molecule has 3 heteroatoms. The van der Waals surface area contributed by atoms with Crippen LogP contribution in [0.25, 0.3) is 0 Å². The molecule has 0 saturated carbocycles. The molecule has 0 N–H and O–H groups in total. The molecule has 1 aromatic rings. The molecule has 0 radical (unpaired) electrons. The Morgan fingerprint density at radius 3 is 2.60 bits per heavy atom. The number of ether oxygens (including phenoxy) is 2. The summed E-state index contributed by atoms with van der Waals surface area (Å²) in [5.74, 6) is 0.878. The maximum atomic E-state index is 11.4. The van der Waals surface area contributed by atoms with Crippen LogP contribution in [0.3, 0.4) is 0 Å². The van der Waals surface area contributed by atoms with E-state index in [0.717, 1.165) is 24.3 Å². The Hall–Kier alpha value is -1.35. The van der Waals surface area contributed by atoms with Crippen LogP contribution in [0.15, 0.2) is 18.2 Å². The van der Waals surface area contributed by atoms with Crippen LogP contribution in [0.4, 0.5) is 0 Å². The predicted octanol–water partition coefficient (Wildman–Crippen LogP) is 4.38. The van der Waals surface area contributed by atoms with Crippen molar-refractivity contribution in [2.75, 3.05) is 13.2 Å². The van der Waals surface area contributed by atoms with Crippen LogP contribution in [0.2, 0.25) is 0 Å². The van der Waals surface area contributed by atoms with Gasteiger partial charge in [-0.15, -0.1) is 0 Å². The van der Waals surface area contributed by atoms with Crippen LogP contribution in [-0.2, 0) is 11.3 Å². The number of carbonyl (C=O) groups excluding carboxylic acids is 1. The highest BCUT2D eigenvalue weighted by atomic mass is 16.5. The molecule has 0 aliphatic rings. The van der Waals surface area contributed by atoms with Crippen molar-refractivity contribution in [2.45, 2.75) is 53.1 Å². The lowest BCUT2D eigenvalue weighted by Gasteiger charge is -2.12. The van der Waals surface area contributed by atoms with Gasteiger partial charge >= 0.3 is 0 Å².